The van der Waals surface area contributed by atoms with E-state index in [4.69, 9.17) is 11.6 Å². The Kier molecular flexibility index (Phi) is 4.23. The van der Waals surface area contributed by atoms with E-state index in [0.29, 0.717) is 5.92 Å². The van der Waals surface area contributed by atoms with Crippen molar-refractivity contribution in [1.82, 2.24) is 10.2 Å². The summed E-state index contributed by atoms with van der Waals surface area (Å²) in [5.41, 5.74) is 1.11. The largest absolute Gasteiger partial charge is 0.319 e. The molecule has 114 valence electrons. The number of hydrogen-bond acceptors (Lipinski definition) is 2. The number of rotatable bonds is 3. The monoisotopic (exact) mass is 306 g/mol. The molecule has 2 fully saturated rings. The fourth-order valence-corrected chi connectivity index (χ4v) is 3.87. The van der Waals surface area contributed by atoms with Crippen molar-refractivity contribution in [2.24, 2.45) is 5.92 Å². The van der Waals surface area contributed by atoms with Crippen molar-refractivity contribution in [2.75, 3.05) is 0 Å². The molecule has 3 nitrogen and oxygen atoms in total. The molecule has 1 aromatic carbocycles. The Morgan fingerprint density at radius 3 is 2.48 bits per heavy atom. The van der Waals surface area contributed by atoms with Gasteiger partial charge < -0.3 is 4.90 Å². The van der Waals surface area contributed by atoms with Crippen molar-refractivity contribution in [3.05, 3.63) is 34.9 Å². The molecule has 1 aromatic rings. The van der Waals surface area contributed by atoms with Crippen molar-refractivity contribution in [1.29, 1.82) is 0 Å². The lowest BCUT2D eigenvalue weighted by atomic mass is 9.97. The summed E-state index contributed by atoms with van der Waals surface area (Å²) in [6.07, 6.45) is 5.05. The van der Waals surface area contributed by atoms with Crippen LogP contribution in [0, 0.1) is 5.92 Å². The molecule has 3 rings (SSSR count). The molecule has 1 amide bonds. The highest BCUT2D eigenvalue weighted by Gasteiger charge is 2.42. The van der Waals surface area contributed by atoms with E-state index in [-0.39, 0.29) is 24.2 Å². The summed E-state index contributed by atoms with van der Waals surface area (Å²) in [6.45, 7) is 4.16. The van der Waals surface area contributed by atoms with Gasteiger partial charge in [0.25, 0.3) is 0 Å². The van der Waals surface area contributed by atoms with Gasteiger partial charge >= 0.3 is 0 Å². The predicted octanol–water partition coefficient (Wildman–Crippen LogP) is 3.74. The zero-order valence-corrected chi connectivity index (χ0v) is 13.4. The minimum absolute atomic E-state index is 0.0274. The number of nitrogens with one attached hydrogen (secondary N) is 1. The second-order valence-corrected chi connectivity index (χ2v) is 6.81. The Morgan fingerprint density at radius 1 is 1.24 bits per heavy atom. The van der Waals surface area contributed by atoms with E-state index in [1.807, 2.05) is 31.2 Å². The Labute approximate surface area is 131 Å². The van der Waals surface area contributed by atoms with Crippen molar-refractivity contribution in [2.45, 2.75) is 57.8 Å². The standard InChI is InChI=1S/C17H23ClN2O/c1-11-17(21)20(12(2)13-5-3-4-6-13)16(19-11)14-7-9-15(18)10-8-14/h7-13,16,19H,3-6H2,1-2H3. The van der Waals surface area contributed by atoms with Gasteiger partial charge in [0.15, 0.2) is 0 Å². The lowest BCUT2D eigenvalue weighted by Crippen LogP contribution is -2.42. The van der Waals surface area contributed by atoms with Gasteiger partial charge in [-0.3, -0.25) is 10.1 Å². The van der Waals surface area contributed by atoms with Gasteiger partial charge in [0.2, 0.25) is 5.91 Å². The maximum atomic E-state index is 12.6. The Balaban J connectivity index is 1.86. The first-order valence-electron chi connectivity index (χ1n) is 7.91. The number of carbonyl (C=O) groups excluding carboxylic acids is 1. The molecule has 4 heteroatoms. The van der Waals surface area contributed by atoms with Gasteiger partial charge in [-0.15, -0.1) is 0 Å². The average molecular weight is 307 g/mol. The van der Waals surface area contributed by atoms with E-state index in [0.717, 1.165) is 10.6 Å². The fourth-order valence-electron chi connectivity index (χ4n) is 3.74. The van der Waals surface area contributed by atoms with Crippen LogP contribution in [0.4, 0.5) is 0 Å². The molecule has 3 atom stereocenters. The summed E-state index contributed by atoms with van der Waals surface area (Å²) in [5.74, 6) is 0.852. The Hall–Kier alpha value is -1.06. The first-order valence-corrected chi connectivity index (χ1v) is 8.29. The van der Waals surface area contributed by atoms with Crippen LogP contribution in [0.15, 0.2) is 24.3 Å². The highest BCUT2D eigenvalue weighted by Crippen LogP contribution is 2.36. The SMILES string of the molecule is CC1NC(c2ccc(Cl)cc2)N(C(C)C2CCCC2)C1=O. The van der Waals surface area contributed by atoms with Crippen LogP contribution in [0.1, 0.15) is 51.3 Å². The summed E-state index contributed by atoms with van der Waals surface area (Å²) in [7, 11) is 0. The highest BCUT2D eigenvalue weighted by molar-refractivity contribution is 6.30. The normalized spacial score (nSPS) is 28.3. The minimum Gasteiger partial charge on any atom is -0.319 e. The number of carbonyl (C=O) groups is 1. The first-order chi connectivity index (χ1) is 10.1. The molecule has 3 unspecified atom stereocenters. The number of amides is 1. The average Bonchev–Trinajstić information content (AvgIpc) is 3.09. The predicted molar refractivity (Wildman–Crippen MR) is 85.1 cm³/mol. The second-order valence-electron chi connectivity index (χ2n) is 6.37. The first kappa shape index (κ1) is 14.9. The summed E-state index contributed by atoms with van der Waals surface area (Å²) >= 11 is 5.98. The van der Waals surface area contributed by atoms with Crippen LogP contribution in [0.2, 0.25) is 5.02 Å². The van der Waals surface area contributed by atoms with Gasteiger partial charge in [-0.1, -0.05) is 36.6 Å². The molecule has 1 saturated heterocycles. The minimum atomic E-state index is -0.116. The molecule has 0 radical (unpaired) electrons. The summed E-state index contributed by atoms with van der Waals surface area (Å²) in [6, 6.07) is 7.99. The van der Waals surface area contributed by atoms with Crippen molar-refractivity contribution < 1.29 is 4.79 Å². The molecule has 1 heterocycles. The number of nitrogens with zero attached hydrogens (tertiary/aromatic N) is 1. The zero-order valence-electron chi connectivity index (χ0n) is 12.7. The van der Waals surface area contributed by atoms with E-state index in [9.17, 15) is 4.79 Å². The molecular weight excluding hydrogens is 284 g/mol. The molecule has 0 bridgehead atoms. The fraction of sp³-hybridized carbons (Fsp3) is 0.588. The molecule has 21 heavy (non-hydrogen) atoms. The third-order valence-corrected chi connectivity index (χ3v) is 5.27. The van der Waals surface area contributed by atoms with Crippen LogP contribution in [-0.2, 0) is 4.79 Å². The maximum Gasteiger partial charge on any atom is 0.241 e. The molecule has 2 aliphatic rings. The molecule has 0 aromatic heterocycles. The topological polar surface area (TPSA) is 32.3 Å². The van der Waals surface area contributed by atoms with Crippen LogP contribution in [0.5, 0.6) is 0 Å². The van der Waals surface area contributed by atoms with Gasteiger partial charge in [-0.25, -0.2) is 0 Å². The quantitative estimate of drug-likeness (QED) is 0.922. The molecule has 1 N–H and O–H groups in total. The lowest BCUT2D eigenvalue weighted by molar-refractivity contribution is -0.132. The summed E-state index contributed by atoms with van der Waals surface area (Å²) in [4.78, 5) is 14.7. The number of halogens is 1. The Bertz CT molecular complexity index is 510. The lowest BCUT2D eigenvalue weighted by Gasteiger charge is -2.34. The number of benzene rings is 1. The molecule has 1 saturated carbocycles. The maximum absolute atomic E-state index is 12.6. The van der Waals surface area contributed by atoms with Gasteiger partial charge in [-0.05, 0) is 50.3 Å². The molecule has 1 aliphatic heterocycles. The second kappa shape index (κ2) is 5.98. The summed E-state index contributed by atoms with van der Waals surface area (Å²) in [5, 5.41) is 4.16. The van der Waals surface area contributed by atoms with E-state index >= 15 is 0 Å². The smallest absolute Gasteiger partial charge is 0.241 e. The third-order valence-electron chi connectivity index (χ3n) is 5.02. The van der Waals surface area contributed by atoms with Gasteiger partial charge in [0, 0.05) is 11.1 Å². The van der Waals surface area contributed by atoms with Gasteiger partial charge in [-0.2, -0.15) is 0 Å². The van der Waals surface area contributed by atoms with Crippen molar-refractivity contribution >= 4 is 17.5 Å². The van der Waals surface area contributed by atoms with Crippen molar-refractivity contribution in [3.8, 4) is 0 Å². The van der Waals surface area contributed by atoms with Crippen LogP contribution in [-0.4, -0.2) is 22.9 Å². The Morgan fingerprint density at radius 2 is 1.86 bits per heavy atom. The van der Waals surface area contributed by atoms with Crippen LogP contribution >= 0.6 is 11.6 Å². The molecule has 1 aliphatic carbocycles. The molecular formula is C17H23ClN2O. The third kappa shape index (κ3) is 2.82. The van der Waals surface area contributed by atoms with Crippen LogP contribution in [0.3, 0.4) is 0 Å². The van der Waals surface area contributed by atoms with E-state index in [1.165, 1.54) is 25.7 Å². The highest BCUT2D eigenvalue weighted by atomic mass is 35.5. The van der Waals surface area contributed by atoms with Gasteiger partial charge in [0.1, 0.15) is 6.17 Å². The number of hydrogen-bond donors (Lipinski definition) is 1. The van der Waals surface area contributed by atoms with Gasteiger partial charge in [0.05, 0.1) is 6.04 Å². The summed E-state index contributed by atoms with van der Waals surface area (Å²) < 4.78 is 0. The van der Waals surface area contributed by atoms with Crippen LogP contribution in [0.25, 0.3) is 0 Å². The van der Waals surface area contributed by atoms with E-state index < -0.39 is 0 Å². The zero-order chi connectivity index (χ0) is 15.0. The van der Waals surface area contributed by atoms with E-state index in [2.05, 4.69) is 17.1 Å². The van der Waals surface area contributed by atoms with Crippen LogP contribution < -0.4 is 5.32 Å². The van der Waals surface area contributed by atoms with Crippen molar-refractivity contribution in [3.63, 3.8) is 0 Å². The van der Waals surface area contributed by atoms with E-state index in [1.54, 1.807) is 0 Å². The molecule has 0 spiro atoms.